The van der Waals surface area contributed by atoms with Crippen molar-refractivity contribution in [2.24, 2.45) is 5.92 Å². The third-order valence-corrected chi connectivity index (χ3v) is 3.97. The molecule has 20 heavy (non-hydrogen) atoms. The monoisotopic (exact) mass is 280 g/mol. The summed E-state index contributed by atoms with van der Waals surface area (Å²) >= 11 is 0. The van der Waals surface area contributed by atoms with Gasteiger partial charge in [-0.3, -0.25) is 4.79 Å². The van der Waals surface area contributed by atoms with Gasteiger partial charge in [0, 0.05) is 26.2 Å². The van der Waals surface area contributed by atoms with Gasteiger partial charge in [0.25, 0.3) is 11.9 Å². The smallest absolute Gasteiger partial charge is 0.289 e. The Kier molecular flexibility index (Phi) is 5.06. The van der Waals surface area contributed by atoms with Gasteiger partial charge in [0.2, 0.25) is 0 Å². The lowest BCUT2D eigenvalue weighted by Crippen LogP contribution is -2.39. The Morgan fingerprint density at radius 1 is 1.45 bits per heavy atom. The van der Waals surface area contributed by atoms with Gasteiger partial charge in [-0.2, -0.15) is 0 Å². The first-order valence-electron chi connectivity index (χ1n) is 7.22. The molecule has 0 spiro atoms. The maximum absolute atomic E-state index is 12.2. The molecule has 0 N–H and O–H groups in total. The first kappa shape index (κ1) is 14.9. The van der Waals surface area contributed by atoms with E-state index in [0.29, 0.717) is 11.7 Å². The largest absolute Gasteiger partial charge is 0.468 e. The molecule has 0 aromatic carbocycles. The van der Waals surface area contributed by atoms with Crippen LogP contribution in [0.3, 0.4) is 0 Å². The second kappa shape index (κ2) is 6.79. The zero-order valence-corrected chi connectivity index (χ0v) is 12.6. The molecular formula is C15H24N2O3. The van der Waals surface area contributed by atoms with E-state index in [1.54, 1.807) is 17.0 Å². The molecule has 1 aromatic rings. The van der Waals surface area contributed by atoms with E-state index in [1.807, 2.05) is 7.05 Å². The number of ether oxygens (including phenoxy) is 1. The van der Waals surface area contributed by atoms with Gasteiger partial charge in [0.1, 0.15) is 0 Å². The van der Waals surface area contributed by atoms with Crippen LogP contribution in [0.5, 0.6) is 5.95 Å². The lowest BCUT2D eigenvalue weighted by Gasteiger charge is -2.31. The number of furan rings is 1. The summed E-state index contributed by atoms with van der Waals surface area (Å²) in [6.07, 6.45) is 2.51. The molecule has 1 fully saturated rings. The molecule has 112 valence electrons. The highest BCUT2D eigenvalue weighted by atomic mass is 16.6. The van der Waals surface area contributed by atoms with Crippen LogP contribution in [0.25, 0.3) is 0 Å². The number of likely N-dealkylation sites (tertiary alicyclic amines) is 1. The Labute approximate surface area is 120 Å². The first-order valence-corrected chi connectivity index (χ1v) is 7.22. The van der Waals surface area contributed by atoms with E-state index >= 15 is 0 Å². The number of hydrogen-bond acceptors (Lipinski definition) is 4. The van der Waals surface area contributed by atoms with Crippen molar-refractivity contribution in [3.63, 3.8) is 0 Å². The van der Waals surface area contributed by atoms with E-state index in [9.17, 15) is 4.79 Å². The number of methoxy groups -OCH3 is 1. The van der Waals surface area contributed by atoms with Crippen molar-refractivity contribution in [2.75, 3.05) is 40.3 Å². The molecule has 0 atom stereocenters. The fraction of sp³-hybridized carbons (Fsp3) is 0.667. The number of amides is 1. The van der Waals surface area contributed by atoms with Crippen LogP contribution >= 0.6 is 0 Å². The lowest BCUT2D eigenvalue weighted by molar-refractivity contribution is 0.0730. The highest BCUT2D eigenvalue weighted by Crippen LogP contribution is 2.17. The van der Waals surface area contributed by atoms with Crippen LogP contribution in [-0.4, -0.2) is 56.0 Å². The summed E-state index contributed by atoms with van der Waals surface area (Å²) in [7, 11) is 3.33. The molecule has 1 amide bonds. The molecule has 0 radical (unpaired) electrons. The highest BCUT2D eigenvalue weighted by Gasteiger charge is 2.19. The first-order chi connectivity index (χ1) is 9.60. The van der Waals surface area contributed by atoms with Crippen LogP contribution in [0.2, 0.25) is 0 Å². The number of nitrogens with zero attached hydrogens (tertiary/aromatic N) is 2. The fourth-order valence-corrected chi connectivity index (χ4v) is 2.41. The molecule has 1 aromatic heterocycles. The summed E-state index contributed by atoms with van der Waals surface area (Å²) in [5, 5.41) is 0. The zero-order valence-electron chi connectivity index (χ0n) is 12.6. The van der Waals surface area contributed by atoms with Gasteiger partial charge in [-0.25, -0.2) is 0 Å². The Balaban J connectivity index is 1.79. The van der Waals surface area contributed by atoms with Crippen molar-refractivity contribution in [3.8, 4) is 5.95 Å². The van der Waals surface area contributed by atoms with Gasteiger partial charge in [-0.1, -0.05) is 6.92 Å². The second-order valence-electron chi connectivity index (χ2n) is 5.57. The van der Waals surface area contributed by atoms with Crippen molar-refractivity contribution < 1.29 is 13.9 Å². The molecule has 0 unspecified atom stereocenters. The molecule has 2 rings (SSSR count). The summed E-state index contributed by atoms with van der Waals surface area (Å²) in [5.41, 5.74) is 0. The number of likely N-dealkylation sites (N-methyl/N-ethyl adjacent to an activating group) is 1. The highest BCUT2D eigenvalue weighted by molar-refractivity contribution is 5.91. The van der Waals surface area contributed by atoms with Crippen molar-refractivity contribution in [1.29, 1.82) is 0 Å². The minimum Gasteiger partial charge on any atom is -0.468 e. The summed E-state index contributed by atoms with van der Waals surface area (Å²) in [5.74, 6) is 1.43. The topological polar surface area (TPSA) is 45.9 Å². The van der Waals surface area contributed by atoms with Crippen molar-refractivity contribution >= 4 is 5.91 Å². The molecule has 5 heteroatoms. The third kappa shape index (κ3) is 3.76. The summed E-state index contributed by atoms with van der Waals surface area (Å²) in [6, 6.07) is 3.31. The zero-order chi connectivity index (χ0) is 14.5. The van der Waals surface area contributed by atoms with Crippen LogP contribution in [0.4, 0.5) is 0 Å². The lowest BCUT2D eigenvalue weighted by atomic mass is 9.99. The van der Waals surface area contributed by atoms with Gasteiger partial charge in [0.05, 0.1) is 7.11 Å². The van der Waals surface area contributed by atoms with Crippen molar-refractivity contribution in [3.05, 3.63) is 17.9 Å². The van der Waals surface area contributed by atoms with Crippen LogP contribution in [-0.2, 0) is 0 Å². The predicted molar refractivity (Wildman–Crippen MR) is 77.1 cm³/mol. The normalized spacial score (nSPS) is 17.1. The number of carbonyl (C=O) groups is 1. The number of rotatable bonds is 5. The van der Waals surface area contributed by atoms with Gasteiger partial charge in [-0.05, 0) is 37.9 Å². The van der Waals surface area contributed by atoms with E-state index in [-0.39, 0.29) is 5.91 Å². The number of carbonyl (C=O) groups excluding carboxylic acids is 1. The number of piperidine rings is 1. The second-order valence-corrected chi connectivity index (χ2v) is 5.57. The minimum atomic E-state index is -0.0984. The molecule has 2 heterocycles. The molecule has 1 aliphatic rings. The standard InChI is InChI=1S/C15H24N2O3/c1-12-6-8-17(9-7-12)11-10-16(2)15(18)13-4-5-14(19-3)20-13/h4-5,12H,6-11H2,1-3H3. The molecule has 0 saturated carbocycles. The van der Waals surface area contributed by atoms with Gasteiger partial charge in [-0.15, -0.1) is 0 Å². The van der Waals surface area contributed by atoms with Gasteiger partial charge < -0.3 is 19.0 Å². The fourth-order valence-electron chi connectivity index (χ4n) is 2.41. The van der Waals surface area contributed by atoms with Crippen molar-refractivity contribution in [2.45, 2.75) is 19.8 Å². The average Bonchev–Trinajstić information content (AvgIpc) is 2.94. The van der Waals surface area contributed by atoms with Crippen LogP contribution in [0, 0.1) is 5.92 Å². The molecule has 5 nitrogen and oxygen atoms in total. The van der Waals surface area contributed by atoms with Gasteiger partial charge in [0.15, 0.2) is 5.76 Å². The van der Waals surface area contributed by atoms with E-state index in [1.165, 1.54) is 20.0 Å². The van der Waals surface area contributed by atoms with Crippen LogP contribution in [0.15, 0.2) is 16.5 Å². The maximum Gasteiger partial charge on any atom is 0.289 e. The predicted octanol–water partition coefficient (Wildman–Crippen LogP) is 2.09. The molecule has 0 aliphatic carbocycles. The van der Waals surface area contributed by atoms with E-state index in [2.05, 4.69) is 11.8 Å². The van der Waals surface area contributed by atoms with Gasteiger partial charge >= 0.3 is 0 Å². The van der Waals surface area contributed by atoms with Crippen molar-refractivity contribution in [1.82, 2.24) is 9.80 Å². The summed E-state index contributed by atoms with van der Waals surface area (Å²) < 4.78 is 10.2. The Morgan fingerprint density at radius 2 is 2.15 bits per heavy atom. The van der Waals surface area contributed by atoms with Crippen LogP contribution in [0.1, 0.15) is 30.3 Å². The summed E-state index contributed by atoms with van der Waals surface area (Å²) in [4.78, 5) is 16.3. The molecule has 0 bridgehead atoms. The van der Waals surface area contributed by atoms with E-state index < -0.39 is 0 Å². The Morgan fingerprint density at radius 3 is 2.75 bits per heavy atom. The quantitative estimate of drug-likeness (QED) is 0.828. The molecule has 1 aliphatic heterocycles. The van der Waals surface area contributed by atoms with E-state index in [4.69, 9.17) is 9.15 Å². The Hall–Kier alpha value is -1.49. The third-order valence-electron chi connectivity index (χ3n) is 3.97. The van der Waals surface area contributed by atoms with E-state index in [0.717, 1.165) is 32.1 Å². The SMILES string of the molecule is COc1ccc(C(=O)N(C)CCN2CCC(C)CC2)o1. The Bertz CT molecular complexity index is 436. The summed E-state index contributed by atoms with van der Waals surface area (Å²) in [6.45, 7) is 6.22. The van der Waals surface area contributed by atoms with Crippen LogP contribution < -0.4 is 4.74 Å². The number of hydrogen-bond donors (Lipinski definition) is 0. The average molecular weight is 280 g/mol. The molecule has 1 saturated heterocycles. The maximum atomic E-state index is 12.2. The minimum absolute atomic E-state index is 0.0984. The molecular weight excluding hydrogens is 256 g/mol.